The molecule has 24 heavy (non-hydrogen) atoms. The lowest BCUT2D eigenvalue weighted by Crippen LogP contribution is -2.57. The minimum atomic E-state index is -0.204. The van der Waals surface area contributed by atoms with Gasteiger partial charge in [0.2, 0.25) is 5.91 Å². The van der Waals surface area contributed by atoms with Gasteiger partial charge in [-0.15, -0.1) is 0 Å². The van der Waals surface area contributed by atoms with Crippen LogP contribution in [0.2, 0.25) is 5.02 Å². The van der Waals surface area contributed by atoms with Gasteiger partial charge in [-0.1, -0.05) is 41.4 Å². The maximum atomic E-state index is 12.7. The van der Waals surface area contributed by atoms with Gasteiger partial charge in [-0.2, -0.15) is 0 Å². The zero-order valence-electron chi connectivity index (χ0n) is 13.7. The zero-order valence-corrected chi connectivity index (χ0v) is 14.5. The molecule has 5 heteroatoms. The largest absolute Gasteiger partial charge is 0.325 e. The first-order valence-corrected chi connectivity index (χ1v) is 8.27. The van der Waals surface area contributed by atoms with E-state index in [9.17, 15) is 9.59 Å². The summed E-state index contributed by atoms with van der Waals surface area (Å²) in [6.45, 7) is 4.48. The van der Waals surface area contributed by atoms with Crippen LogP contribution in [0.4, 0.5) is 5.69 Å². The maximum absolute atomic E-state index is 12.7. The summed E-state index contributed by atoms with van der Waals surface area (Å²) in [6.07, 6.45) is 0. The van der Waals surface area contributed by atoms with E-state index >= 15 is 0 Å². The fourth-order valence-electron chi connectivity index (χ4n) is 2.89. The Morgan fingerprint density at radius 3 is 2.46 bits per heavy atom. The number of nitrogens with zero attached hydrogens (tertiary/aromatic N) is 2. The van der Waals surface area contributed by atoms with E-state index in [0.717, 1.165) is 11.3 Å². The van der Waals surface area contributed by atoms with Crippen LogP contribution in [0.15, 0.2) is 48.5 Å². The standard InChI is InChI=1S/C19H19ClN2O2/c1-13-7-9-15(10-8-13)22-11-14(2)21(12-18(22)23)19(24)16-5-3-4-6-17(16)20/h3-10,14H,11-12H2,1-2H3/t14-/m1/s1. The normalized spacial score (nSPS) is 18.0. The van der Waals surface area contributed by atoms with Crippen LogP contribution in [0.25, 0.3) is 0 Å². The van der Waals surface area contributed by atoms with Crippen molar-refractivity contribution in [3.8, 4) is 0 Å². The fourth-order valence-corrected chi connectivity index (χ4v) is 3.10. The van der Waals surface area contributed by atoms with Crippen molar-refractivity contribution < 1.29 is 9.59 Å². The second kappa shape index (κ2) is 6.65. The minimum absolute atomic E-state index is 0.0547. The molecule has 124 valence electrons. The van der Waals surface area contributed by atoms with Crippen molar-refractivity contribution in [3.05, 3.63) is 64.7 Å². The van der Waals surface area contributed by atoms with Gasteiger partial charge < -0.3 is 9.80 Å². The smallest absolute Gasteiger partial charge is 0.256 e. The zero-order chi connectivity index (χ0) is 17.3. The number of rotatable bonds is 2. The number of amides is 2. The fraction of sp³-hybridized carbons (Fsp3) is 0.263. The minimum Gasteiger partial charge on any atom is -0.325 e. The molecule has 0 bridgehead atoms. The molecule has 2 aromatic carbocycles. The second-order valence-corrected chi connectivity index (χ2v) is 6.51. The van der Waals surface area contributed by atoms with Gasteiger partial charge in [0.1, 0.15) is 6.54 Å². The van der Waals surface area contributed by atoms with Gasteiger partial charge in [0, 0.05) is 18.3 Å². The number of hydrogen-bond acceptors (Lipinski definition) is 2. The van der Waals surface area contributed by atoms with Gasteiger partial charge in [-0.3, -0.25) is 9.59 Å². The Labute approximate surface area is 146 Å². The molecule has 0 unspecified atom stereocenters. The monoisotopic (exact) mass is 342 g/mol. The number of anilines is 1. The number of halogens is 1. The molecule has 1 fully saturated rings. The molecule has 0 aromatic heterocycles. The number of aryl methyl sites for hydroxylation is 1. The van der Waals surface area contributed by atoms with E-state index in [-0.39, 0.29) is 24.4 Å². The summed E-state index contributed by atoms with van der Waals surface area (Å²) < 4.78 is 0. The molecule has 2 amide bonds. The predicted octanol–water partition coefficient (Wildman–Crippen LogP) is 3.53. The van der Waals surface area contributed by atoms with Gasteiger partial charge in [-0.25, -0.2) is 0 Å². The third kappa shape index (κ3) is 3.15. The van der Waals surface area contributed by atoms with Crippen LogP contribution in [0, 0.1) is 6.92 Å². The third-order valence-electron chi connectivity index (χ3n) is 4.30. The summed E-state index contributed by atoms with van der Waals surface area (Å²) >= 11 is 6.12. The molecule has 3 rings (SSSR count). The van der Waals surface area contributed by atoms with E-state index < -0.39 is 0 Å². The molecule has 0 saturated carbocycles. The van der Waals surface area contributed by atoms with E-state index in [1.165, 1.54) is 0 Å². The molecule has 0 spiro atoms. The Kier molecular flexibility index (Phi) is 4.58. The summed E-state index contributed by atoms with van der Waals surface area (Å²) in [5, 5.41) is 0.406. The SMILES string of the molecule is Cc1ccc(N2C[C@@H](C)N(C(=O)c3ccccc3Cl)CC2=O)cc1. The molecule has 0 N–H and O–H groups in total. The van der Waals surface area contributed by atoms with Crippen molar-refractivity contribution in [1.82, 2.24) is 4.90 Å². The van der Waals surface area contributed by atoms with Crippen molar-refractivity contribution in [1.29, 1.82) is 0 Å². The highest BCUT2D eigenvalue weighted by molar-refractivity contribution is 6.33. The van der Waals surface area contributed by atoms with Crippen LogP contribution >= 0.6 is 11.6 Å². The molecular formula is C19H19ClN2O2. The van der Waals surface area contributed by atoms with Crippen LogP contribution in [-0.4, -0.2) is 35.8 Å². The van der Waals surface area contributed by atoms with Gasteiger partial charge in [-0.05, 0) is 38.1 Å². The quantitative estimate of drug-likeness (QED) is 0.837. The van der Waals surface area contributed by atoms with Crippen LogP contribution in [0.1, 0.15) is 22.8 Å². The number of hydrogen-bond donors (Lipinski definition) is 0. The van der Waals surface area contributed by atoms with E-state index in [0.29, 0.717) is 17.1 Å². The predicted molar refractivity (Wildman–Crippen MR) is 95.5 cm³/mol. The van der Waals surface area contributed by atoms with Crippen molar-refractivity contribution in [2.24, 2.45) is 0 Å². The summed E-state index contributed by atoms with van der Waals surface area (Å²) in [5.74, 6) is -0.289. The number of piperazine rings is 1. The van der Waals surface area contributed by atoms with Crippen molar-refractivity contribution in [3.63, 3.8) is 0 Å². The maximum Gasteiger partial charge on any atom is 0.256 e. The molecule has 1 saturated heterocycles. The molecule has 1 aliphatic heterocycles. The van der Waals surface area contributed by atoms with Crippen LogP contribution in [-0.2, 0) is 4.79 Å². The number of carbonyl (C=O) groups is 2. The van der Waals surface area contributed by atoms with Crippen molar-refractivity contribution >= 4 is 29.1 Å². The average molecular weight is 343 g/mol. The lowest BCUT2D eigenvalue weighted by molar-refractivity contribution is -0.121. The molecule has 1 atom stereocenters. The molecule has 1 aliphatic rings. The topological polar surface area (TPSA) is 40.6 Å². The highest BCUT2D eigenvalue weighted by Gasteiger charge is 2.34. The molecule has 4 nitrogen and oxygen atoms in total. The Hall–Kier alpha value is -2.33. The molecule has 0 radical (unpaired) electrons. The third-order valence-corrected chi connectivity index (χ3v) is 4.63. The van der Waals surface area contributed by atoms with E-state index in [2.05, 4.69) is 0 Å². The summed E-state index contributed by atoms with van der Waals surface area (Å²) in [5.41, 5.74) is 2.44. The molecule has 1 heterocycles. The van der Waals surface area contributed by atoms with E-state index in [1.54, 1.807) is 34.1 Å². The highest BCUT2D eigenvalue weighted by atomic mass is 35.5. The summed E-state index contributed by atoms with van der Waals surface area (Å²) in [4.78, 5) is 28.6. The van der Waals surface area contributed by atoms with Gasteiger partial charge >= 0.3 is 0 Å². The van der Waals surface area contributed by atoms with E-state index in [1.807, 2.05) is 38.1 Å². The lowest BCUT2D eigenvalue weighted by Gasteiger charge is -2.39. The Bertz CT molecular complexity index is 773. The van der Waals surface area contributed by atoms with Crippen molar-refractivity contribution in [2.45, 2.75) is 19.9 Å². The second-order valence-electron chi connectivity index (χ2n) is 6.10. The molecule has 0 aliphatic carbocycles. The van der Waals surface area contributed by atoms with Gasteiger partial charge in [0.15, 0.2) is 0 Å². The highest BCUT2D eigenvalue weighted by Crippen LogP contribution is 2.24. The summed E-state index contributed by atoms with van der Waals surface area (Å²) in [7, 11) is 0. The van der Waals surface area contributed by atoms with Crippen LogP contribution in [0.3, 0.4) is 0 Å². The van der Waals surface area contributed by atoms with Gasteiger partial charge in [0.05, 0.1) is 10.6 Å². The van der Waals surface area contributed by atoms with Gasteiger partial charge in [0.25, 0.3) is 5.91 Å². The first kappa shape index (κ1) is 16.5. The summed E-state index contributed by atoms with van der Waals surface area (Å²) in [6, 6.07) is 14.7. The average Bonchev–Trinajstić information content (AvgIpc) is 2.57. The Morgan fingerprint density at radius 1 is 1.12 bits per heavy atom. The van der Waals surface area contributed by atoms with Crippen LogP contribution < -0.4 is 4.90 Å². The first-order valence-electron chi connectivity index (χ1n) is 7.90. The van der Waals surface area contributed by atoms with Crippen LogP contribution in [0.5, 0.6) is 0 Å². The molecular weight excluding hydrogens is 324 g/mol. The lowest BCUT2D eigenvalue weighted by atomic mass is 10.1. The number of carbonyl (C=O) groups excluding carboxylic acids is 2. The first-order chi connectivity index (χ1) is 11.5. The van der Waals surface area contributed by atoms with E-state index in [4.69, 9.17) is 11.6 Å². The van der Waals surface area contributed by atoms with Crippen molar-refractivity contribution in [2.75, 3.05) is 18.0 Å². The molecule has 2 aromatic rings. The number of benzene rings is 2. The Morgan fingerprint density at radius 2 is 1.79 bits per heavy atom. The Balaban J connectivity index is 1.81.